The van der Waals surface area contributed by atoms with E-state index in [1.165, 1.54) is 0 Å². The smallest absolute Gasteiger partial charge is 0.161 e. The number of ether oxygens (including phenoxy) is 2. The standard InChI is InChI=1S/C13H19N3O2S/c1-5-16-12(10(18-4)8-15-16)11(14-2)13-9(17-3)6-7-19-13/h6-8,11,14H,5H2,1-4H3. The maximum Gasteiger partial charge on any atom is 0.161 e. The lowest BCUT2D eigenvalue weighted by molar-refractivity contribution is 0.393. The van der Waals surface area contributed by atoms with Crippen LogP contribution in [0.5, 0.6) is 11.5 Å². The van der Waals surface area contributed by atoms with Gasteiger partial charge in [-0.3, -0.25) is 4.68 Å². The van der Waals surface area contributed by atoms with Gasteiger partial charge < -0.3 is 14.8 Å². The van der Waals surface area contributed by atoms with Gasteiger partial charge in [-0.05, 0) is 25.4 Å². The van der Waals surface area contributed by atoms with Crippen molar-refractivity contribution in [2.24, 2.45) is 0 Å². The third-order valence-corrected chi connectivity index (χ3v) is 4.03. The Morgan fingerprint density at radius 1 is 1.37 bits per heavy atom. The van der Waals surface area contributed by atoms with E-state index in [0.29, 0.717) is 0 Å². The Hall–Kier alpha value is -1.53. The quantitative estimate of drug-likeness (QED) is 0.882. The molecular formula is C13H19N3O2S. The number of methoxy groups -OCH3 is 2. The third-order valence-electron chi connectivity index (χ3n) is 3.07. The fraction of sp³-hybridized carbons (Fsp3) is 0.462. The predicted molar refractivity (Wildman–Crippen MR) is 76.2 cm³/mol. The maximum absolute atomic E-state index is 5.42. The van der Waals surface area contributed by atoms with E-state index in [2.05, 4.69) is 17.3 Å². The maximum atomic E-state index is 5.42. The van der Waals surface area contributed by atoms with Gasteiger partial charge >= 0.3 is 0 Å². The minimum atomic E-state index is 0.00681. The van der Waals surface area contributed by atoms with Gasteiger partial charge in [0.15, 0.2) is 5.75 Å². The van der Waals surface area contributed by atoms with Crippen molar-refractivity contribution in [1.82, 2.24) is 15.1 Å². The first-order valence-electron chi connectivity index (χ1n) is 6.15. The molecule has 0 radical (unpaired) electrons. The zero-order valence-corrected chi connectivity index (χ0v) is 12.5. The molecule has 0 aliphatic heterocycles. The highest BCUT2D eigenvalue weighted by molar-refractivity contribution is 7.10. The molecule has 0 fully saturated rings. The van der Waals surface area contributed by atoms with Crippen LogP contribution in [0.1, 0.15) is 23.5 Å². The molecule has 0 amide bonds. The topological polar surface area (TPSA) is 48.3 Å². The molecule has 0 aliphatic carbocycles. The van der Waals surface area contributed by atoms with Crippen molar-refractivity contribution in [2.45, 2.75) is 19.5 Å². The van der Waals surface area contributed by atoms with Crippen molar-refractivity contribution in [3.63, 3.8) is 0 Å². The molecule has 0 aromatic carbocycles. The number of nitrogens with zero attached hydrogens (tertiary/aromatic N) is 2. The van der Waals surface area contributed by atoms with Gasteiger partial charge in [-0.25, -0.2) is 0 Å². The second-order valence-electron chi connectivity index (χ2n) is 3.99. The summed E-state index contributed by atoms with van der Waals surface area (Å²) in [5, 5.41) is 9.70. The molecule has 2 aromatic heterocycles. The van der Waals surface area contributed by atoms with Crippen molar-refractivity contribution in [1.29, 1.82) is 0 Å². The van der Waals surface area contributed by atoms with E-state index in [-0.39, 0.29) is 6.04 Å². The van der Waals surface area contributed by atoms with Crippen molar-refractivity contribution >= 4 is 11.3 Å². The van der Waals surface area contributed by atoms with Crippen LogP contribution in [0.2, 0.25) is 0 Å². The van der Waals surface area contributed by atoms with Gasteiger partial charge in [-0.2, -0.15) is 5.10 Å². The number of nitrogens with one attached hydrogen (secondary N) is 1. The van der Waals surface area contributed by atoms with Crippen molar-refractivity contribution in [2.75, 3.05) is 21.3 Å². The van der Waals surface area contributed by atoms with E-state index in [9.17, 15) is 0 Å². The largest absolute Gasteiger partial charge is 0.496 e. The van der Waals surface area contributed by atoms with Gasteiger partial charge in [0.1, 0.15) is 11.4 Å². The molecule has 1 atom stereocenters. The molecule has 104 valence electrons. The lowest BCUT2D eigenvalue weighted by atomic mass is 10.1. The lowest BCUT2D eigenvalue weighted by Crippen LogP contribution is -2.21. The molecule has 2 heterocycles. The van der Waals surface area contributed by atoms with Crippen LogP contribution in [0.15, 0.2) is 17.6 Å². The van der Waals surface area contributed by atoms with Gasteiger partial charge in [-0.15, -0.1) is 11.3 Å². The van der Waals surface area contributed by atoms with E-state index >= 15 is 0 Å². The van der Waals surface area contributed by atoms with Crippen molar-refractivity contribution < 1.29 is 9.47 Å². The van der Waals surface area contributed by atoms with Gasteiger partial charge in [0, 0.05) is 6.54 Å². The summed E-state index contributed by atoms with van der Waals surface area (Å²) in [6, 6.07) is 1.98. The number of hydrogen-bond acceptors (Lipinski definition) is 5. The SMILES string of the molecule is CCn1ncc(OC)c1C(NC)c1sccc1OC. The number of aromatic nitrogens is 2. The first-order chi connectivity index (χ1) is 9.26. The summed E-state index contributed by atoms with van der Waals surface area (Å²) >= 11 is 1.66. The minimum absolute atomic E-state index is 0.00681. The van der Waals surface area contributed by atoms with Gasteiger partial charge in [-0.1, -0.05) is 0 Å². The molecule has 1 unspecified atom stereocenters. The monoisotopic (exact) mass is 281 g/mol. The van der Waals surface area contributed by atoms with Crippen molar-refractivity contribution in [3.8, 4) is 11.5 Å². The second kappa shape index (κ2) is 6.08. The van der Waals surface area contributed by atoms with Crippen LogP contribution in [0, 0.1) is 0 Å². The highest BCUT2D eigenvalue weighted by atomic mass is 32.1. The zero-order chi connectivity index (χ0) is 13.8. The van der Waals surface area contributed by atoms with Crippen LogP contribution in [0.25, 0.3) is 0 Å². The van der Waals surface area contributed by atoms with Crippen LogP contribution in [-0.2, 0) is 6.54 Å². The first-order valence-corrected chi connectivity index (χ1v) is 7.03. The summed E-state index contributed by atoms with van der Waals surface area (Å²) in [5.41, 5.74) is 1.02. The number of aryl methyl sites for hydroxylation is 1. The van der Waals surface area contributed by atoms with Gasteiger partial charge in [0.25, 0.3) is 0 Å². The molecule has 0 saturated carbocycles. The molecule has 5 nitrogen and oxygen atoms in total. The van der Waals surface area contributed by atoms with E-state index in [1.807, 2.05) is 23.2 Å². The molecule has 2 rings (SSSR count). The van der Waals surface area contributed by atoms with Crippen LogP contribution in [-0.4, -0.2) is 31.0 Å². The molecule has 0 spiro atoms. The summed E-state index contributed by atoms with van der Waals surface area (Å²) < 4.78 is 12.8. The molecular weight excluding hydrogens is 262 g/mol. The summed E-state index contributed by atoms with van der Waals surface area (Å²) in [6.45, 7) is 2.86. The number of thiophene rings is 1. The molecule has 0 saturated heterocycles. The highest BCUT2D eigenvalue weighted by Gasteiger charge is 2.25. The Morgan fingerprint density at radius 3 is 2.68 bits per heavy atom. The first kappa shape index (κ1) is 13.9. The summed E-state index contributed by atoms with van der Waals surface area (Å²) in [4.78, 5) is 1.12. The Morgan fingerprint density at radius 2 is 2.11 bits per heavy atom. The third kappa shape index (κ3) is 2.46. The fourth-order valence-electron chi connectivity index (χ4n) is 2.16. The predicted octanol–water partition coefficient (Wildman–Crippen LogP) is 2.29. The van der Waals surface area contributed by atoms with Gasteiger partial charge in [0.2, 0.25) is 0 Å². The van der Waals surface area contributed by atoms with E-state index in [1.54, 1.807) is 31.8 Å². The Bertz CT molecular complexity index is 514. The number of hydrogen-bond donors (Lipinski definition) is 1. The van der Waals surface area contributed by atoms with E-state index in [0.717, 1.165) is 28.6 Å². The summed E-state index contributed by atoms with van der Waals surface area (Å²) in [5.74, 6) is 1.67. The Kier molecular flexibility index (Phi) is 4.44. The van der Waals surface area contributed by atoms with Crippen LogP contribution < -0.4 is 14.8 Å². The molecule has 19 heavy (non-hydrogen) atoms. The van der Waals surface area contributed by atoms with Crippen LogP contribution in [0.4, 0.5) is 0 Å². The van der Waals surface area contributed by atoms with Gasteiger partial charge in [0.05, 0.1) is 31.3 Å². The summed E-state index contributed by atoms with van der Waals surface area (Å²) in [6.07, 6.45) is 1.75. The Labute approximate surface area is 117 Å². The summed E-state index contributed by atoms with van der Waals surface area (Å²) in [7, 11) is 5.28. The lowest BCUT2D eigenvalue weighted by Gasteiger charge is -2.18. The molecule has 2 aromatic rings. The molecule has 6 heteroatoms. The second-order valence-corrected chi connectivity index (χ2v) is 4.94. The molecule has 1 N–H and O–H groups in total. The molecule has 0 bridgehead atoms. The van der Waals surface area contributed by atoms with E-state index < -0.39 is 0 Å². The van der Waals surface area contributed by atoms with E-state index in [4.69, 9.17) is 9.47 Å². The van der Waals surface area contributed by atoms with Crippen LogP contribution in [0.3, 0.4) is 0 Å². The van der Waals surface area contributed by atoms with Crippen molar-refractivity contribution in [3.05, 3.63) is 28.2 Å². The zero-order valence-electron chi connectivity index (χ0n) is 11.6. The normalized spacial score (nSPS) is 12.4. The fourth-order valence-corrected chi connectivity index (χ4v) is 3.13. The molecule has 0 aliphatic rings. The average molecular weight is 281 g/mol. The Balaban J connectivity index is 2.50. The number of rotatable bonds is 6. The highest BCUT2D eigenvalue weighted by Crippen LogP contribution is 2.37. The van der Waals surface area contributed by atoms with Crippen LogP contribution >= 0.6 is 11.3 Å². The minimum Gasteiger partial charge on any atom is -0.496 e. The average Bonchev–Trinajstić information content (AvgIpc) is 3.06.